The lowest BCUT2D eigenvalue weighted by atomic mass is 10.2. The Bertz CT molecular complexity index is 631. The van der Waals surface area contributed by atoms with Gasteiger partial charge in [0.05, 0.1) is 10.4 Å². The fraction of sp³-hybridized carbons (Fsp3) is 0. The lowest BCUT2D eigenvalue weighted by molar-refractivity contribution is 0.466. The van der Waals surface area contributed by atoms with Crippen molar-refractivity contribution in [2.45, 2.75) is 9.43 Å². The summed E-state index contributed by atoms with van der Waals surface area (Å²) in [5.74, 6) is 0.811. The summed E-state index contributed by atoms with van der Waals surface area (Å²) in [6.07, 6.45) is 1.78. The second-order valence-corrected chi connectivity index (χ2v) is 6.98. The van der Waals surface area contributed by atoms with E-state index in [1.165, 1.54) is 7.78 Å². The summed E-state index contributed by atoms with van der Waals surface area (Å²) in [6.45, 7) is 0. The lowest BCUT2D eigenvalue weighted by Gasteiger charge is -1.96. The molecule has 0 aliphatic heterocycles. The summed E-state index contributed by atoms with van der Waals surface area (Å²) in [7, 11) is 0. The van der Waals surface area contributed by atoms with E-state index in [4.69, 9.17) is 4.42 Å². The minimum Gasteiger partial charge on any atom is -0.431 e. The van der Waals surface area contributed by atoms with Crippen LogP contribution in [0, 0.1) is 3.57 Å². The summed E-state index contributed by atoms with van der Waals surface area (Å²) >= 11 is 5.53. The average molecular weight is 385 g/mol. The summed E-state index contributed by atoms with van der Waals surface area (Å²) < 4.78 is 8.14. The molecule has 3 aromatic rings. The Kier molecular flexibility index (Phi) is 3.72. The Morgan fingerprint density at radius 1 is 1.17 bits per heavy atom. The summed E-state index contributed by atoms with van der Waals surface area (Å²) in [5.41, 5.74) is 1.06. The SMILES string of the molecule is Ic1ccc(-c2cnc(Sc3cccs3)o2)cc1. The van der Waals surface area contributed by atoms with Crippen LogP contribution in [0.2, 0.25) is 0 Å². The van der Waals surface area contributed by atoms with E-state index in [1.807, 2.05) is 23.6 Å². The molecule has 2 aromatic heterocycles. The lowest BCUT2D eigenvalue weighted by Crippen LogP contribution is -1.73. The summed E-state index contributed by atoms with van der Waals surface area (Å²) in [4.78, 5) is 4.29. The molecule has 2 heterocycles. The molecule has 0 amide bonds. The predicted molar refractivity (Wildman–Crippen MR) is 83.1 cm³/mol. The zero-order valence-electron chi connectivity index (χ0n) is 9.17. The van der Waals surface area contributed by atoms with Crippen molar-refractivity contribution < 1.29 is 4.42 Å². The van der Waals surface area contributed by atoms with Crippen LogP contribution < -0.4 is 0 Å². The van der Waals surface area contributed by atoms with E-state index in [1.54, 1.807) is 29.3 Å². The molecule has 18 heavy (non-hydrogen) atoms. The first-order valence-electron chi connectivity index (χ1n) is 5.24. The van der Waals surface area contributed by atoms with Gasteiger partial charge in [-0.05, 0) is 57.9 Å². The fourth-order valence-corrected chi connectivity index (χ4v) is 3.40. The van der Waals surface area contributed by atoms with Crippen LogP contribution in [0.5, 0.6) is 0 Å². The van der Waals surface area contributed by atoms with Gasteiger partial charge in [-0.25, -0.2) is 4.98 Å². The largest absolute Gasteiger partial charge is 0.431 e. The molecule has 0 N–H and O–H groups in total. The third-order valence-electron chi connectivity index (χ3n) is 2.30. The standard InChI is InChI=1S/C13H8INOS2/c14-10-5-3-9(4-6-10)11-8-15-13(16-11)18-12-2-1-7-17-12/h1-8H. The number of halogens is 1. The zero-order valence-corrected chi connectivity index (χ0v) is 13.0. The van der Waals surface area contributed by atoms with Crippen molar-refractivity contribution in [1.82, 2.24) is 4.98 Å². The molecule has 0 fully saturated rings. The molecule has 90 valence electrons. The number of hydrogen-bond donors (Lipinski definition) is 0. The topological polar surface area (TPSA) is 26.0 Å². The molecule has 0 unspecified atom stereocenters. The summed E-state index contributed by atoms with van der Waals surface area (Å²) in [5, 5.41) is 2.73. The predicted octanol–water partition coefficient (Wildman–Crippen LogP) is 5.16. The molecule has 0 saturated heterocycles. The first kappa shape index (κ1) is 12.3. The highest BCUT2D eigenvalue weighted by Crippen LogP contribution is 2.33. The van der Waals surface area contributed by atoms with Crippen molar-refractivity contribution in [3.8, 4) is 11.3 Å². The number of nitrogens with zero attached hydrogens (tertiary/aromatic N) is 1. The molecule has 0 bridgehead atoms. The van der Waals surface area contributed by atoms with Crippen LogP contribution >= 0.6 is 45.7 Å². The van der Waals surface area contributed by atoms with Crippen LogP contribution in [0.4, 0.5) is 0 Å². The van der Waals surface area contributed by atoms with E-state index >= 15 is 0 Å². The van der Waals surface area contributed by atoms with Gasteiger partial charge in [-0.2, -0.15) is 0 Å². The Balaban J connectivity index is 1.83. The smallest absolute Gasteiger partial charge is 0.261 e. The maximum atomic E-state index is 5.74. The van der Waals surface area contributed by atoms with Crippen molar-refractivity contribution in [2.75, 3.05) is 0 Å². The maximum Gasteiger partial charge on any atom is 0.261 e. The normalized spacial score (nSPS) is 10.7. The highest BCUT2D eigenvalue weighted by molar-refractivity contribution is 14.1. The van der Waals surface area contributed by atoms with Gasteiger partial charge in [-0.15, -0.1) is 11.3 Å². The number of benzene rings is 1. The molecule has 0 radical (unpaired) electrons. The molecule has 1 aromatic carbocycles. The number of oxazole rings is 1. The molecular weight excluding hydrogens is 377 g/mol. The van der Waals surface area contributed by atoms with Gasteiger partial charge >= 0.3 is 0 Å². The Morgan fingerprint density at radius 2 is 2.00 bits per heavy atom. The van der Waals surface area contributed by atoms with Crippen LogP contribution in [-0.4, -0.2) is 4.98 Å². The van der Waals surface area contributed by atoms with Gasteiger partial charge in [0.25, 0.3) is 5.22 Å². The second-order valence-electron chi connectivity index (χ2n) is 3.53. The molecule has 3 rings (SSSR count). The summed E-state index contributed by atoms with van der Waals surface area (Å²) in [6, 6.07) is 12.3. The Hall–Kier alpha value is -0.790. The quantitative estimate of drug-likeness (QED) is 0.583. The third-order valence-corrected chi connectivity index (χ3v) is 4.92. The van der Waals surface area contributed by atoms with Crippen LogP contribution in [0.3, 0.4) is 0 Å². The van der Waals surface area contributed by atoms with Crippen molar-refractivity contribution in [1.29, 1.82) is 0 Å². The molecule has 0 saturated carbocycles. The molecule has 0 aliphatic carbocycles. The van der Waals surface area contributed by atoms with Gasteiger partial charge in [0, 0.05) is 9.13 Å². The Morgan fingerprint density at radius 3 is 2.72 bits per heavy atom. The van der Waals surface area contributed by atoms with Gasteiger partial charge in [0.15, 0.2) is 5.76 Å². The Labute approximate surface area is 127 Å². The number of aromatic nitrogens is 1. The molecule has 0 spiro atoms. The van der Waals surface area contributed by atoms with E-state index in [0.29, 0.717) is 5.22 Å². The minimum atomic E-state index is 0.686. The van der Waals surface area contributed by atoms with Gasteiger partial charge in [0.1, 0.15) is 0 Å². The molecule has 5 heteroatoms. The first-order valence-corrected chi connectivity index (χ1v) is 8.02. The second kappa shape index (κ2) is 5.46. The monoisotopic (exact) mass is 385 g/mol. The van der Waals surface area contributed by atoms with E-state index in [-0.39, 0.29) is 0 Å². The van der Waals surface area contributed by atoms with E-state index in [2.05, 4.69) is 45.8 Å². The van der Waals surface area contributed by atoms with E-state index < -0.39 is 0 Å². The van der Waals surface area contributed by atoms with Crippen LogP contribution in [-0.2, 0) is 0 Å². The number of hydrogen-bond acceptors (Lipinski definition) is 4. The van der Waals surface area contributed by atoms with Gasteiger partial charge in [-0.1, -0.05) is 18.2 Å². The first-order chi connectivity index (χ1) is 8.81. The number of rotatable bonds is 3. The highest BCUT2D eigenvalue weighted by Gasteiger charge is 2.08. The van der Waals surface area contributed by atoms with Gasteiger partial charge < -0.3 is 4.42 Å². The van der Waals surface area contributed by atoms with Crippen molar-refractivity contribution in [3.63, 3.8) is 0 Å². The van der Waals surface area contributed by atoms with Crippen molar-refractivity contribution in [2.24, 2.45) is 0 Å². The van der Waals surface area contributed by atoms with E-state index in [0.717, 1.165) is 11.3 Å². The fourth-order valence-electron chi connectivity index (χ4n) is 1.46. The minimum absolute atomic E-state index is 0.686. The molecule has 2 nitrogen and oxygen atoms in total. The van der Waals surface area contributed by atoms with Gasteiger partial charge in [0.2, 0.25) is 0 Å². The van der Waals surface area contributed by atoms with Crippen LogP contribution in [0.15, 0.2) is 61.8 Å². The number of thiophene rings is 1. The highest BCUT2D eigenvalue weighted by atomic mass is 127. The molecular formula is C13H8INOS2. The third kappa shape index (κ3) is 2.78. The van der Waals surface area contributed by atoms with Crippen molar-refractivity contribution in [3.05, 3.63) is 51.5 Å². The molecule has 0 aliphatic rings. The van der Waals surface area contributed by atoms with E-state index in [9.17, 15) is 0 Å². The zero-order chi connectivity index (χ0) is 12.4. The van der Waals surface area contributed by atoms with Crippen molar-refractivity contribution >= 4 is 45.7 Å². The average Bonchev–Trinajstić information content (AvgIpc) is 3.02. The maximum absolute atomic E-state index is 5.74. The van der Waals surface area contributed by atoms with Gasteiger partial charge in [-0.3, -0.25) is 0 Å². The van der Waals surface area contributed by atoms with Crippen LogP contribution in [0.25, 0.3) is 11.3 Å². The van der Waals surface area contributed by atoms with Crippen LogP contribution in [0.1, 0.15) is 0 Å². The molecule has 0 atom stereocenters.